The van der Waals surface area contributed by atoms with Crippen LogP contribution in [0.15, 0.2) is 35.6 Å². The van der Waals surface area contributed by atoms with E-state index in [1.807, 2.05) is 23.9 Å². The Labute approximate surface area is 81.0 Å². The zero-order chi connectivity index (χ0) is 9.97. The smallest absolute Gasteiger partial charge is 0.313 e. The highest BCUT2D eigenvalue weighted by Gasteiger charge is 2.07. The molecule has 2 heterocycles. The minimum Gasteiger partial charge on any atom is -0.313 e. The van der Waals surface area contributed by atoms with Gasteiger partial charge in [0.05, 0.1) is 12.6 Å². The normalized spacial score (nSPS) is 12.9. The van der Waals surface area contributed by atoms with Crippen LogP contribution >= 0.6 is 0 Å². The summed E-state index contributed by atoms with van der Waals surface area (Å²) in [5.74, 6) is 0. The van der Waals surface area contributed by atoms with Crippen LogP contribution in [0.1, 0.15) is 13.0 Å². The molecule has 0 aliphatic carbocycles. The summed E-state index contributed by atoms with van der Waals surface area (Å²) in [4.78, 5) is 13.9. The first-order valence-electron chi connectivity index (χ1n) is 4.50. The van der Waals surface area contributed by atoms with Crippen molar-refractivity contribution in [3.05, 3.63) is 41.3 Å². The highest BCUT2D eigenvalue weighted by atomic mass is 16.1. The number of aromatic nitrogens is 4. The minimum absolute atomic E-state index is 0.0790. The topological polar surface area (TPSA) is 55.6 Å². The molecule has 0 spiro atoms. The second-order valence-corrected chi connectivity index (χ2v) is 3.25. The number of nitrogens with one attached hydrogen (secondary N) is 1. The second-order valence-electron chi connectivity index (χ2n) is 3.25. The summed E-state index contributed by atoms with van der Waals surface area (Å²) in [6.45, 7) is 2.68. The van der Waals surface area contributed by atoms with E-state index in [1.54, 1.807) is 23.2 Å². The Morgan fingerprint density at radius 1 is 1.57 bits per heavy atom. The van der Waals surface area contributed by atoms with E-state index in [4.69, 9.17) is 0 Å². The molecular formula is C9H12N4O. The molecule has 0 aromatic carbocycles. The molecule has 1 atom stereocenters. The maximum Gasteiger partial charge on any atom is 0.325 e. The average Bonchev–Trinajstić information content (AvgIpc) is 2.75. The van der Waals surface area contributed by atoms with E-state index in [1.165, 1.54) is 0 Å². The number of imidazole rings is 1. The van der Waals surface area contributed by atoms with Gasteiger partial charge in [0.15, 0.2) is 0 Å². The summed E-state index contributed by atoms with van der Waals surface area (Å²) in [7, 11) is 0. The number of hydrogen-bond donors (Lipinski definition) is 1. The van der Waals surface area contributed by atoms with E-state index in [0.29, 0.717) is 6.54 Å². The third kappa shape index (κ3) is 1.61. The number of rotatable bonds is 3. The van der Waals surface area contributed by atoms with Crippen LogP contribution in [-0.4, -0.2) is 19.3 Å². The number of hydrogen-bond acceptors (Lipinski definition) is 2. The molecule has 2 aromatic rings. The molecule has 0 aliphatic rings. The molecule has 5 nitrogen and oxygen atoms in total. The molecule has 0 saturated carbocycles. The van der Waals surface area contributed by atoms with E-state index >= 15 is 0 Å². The van der Waals surface area contributed by atoms with Crippen LogP contribution in [0.3, 0.4) is 0 Å². The first-order chi connectivity index (χ1) is 6.77. The van der Waals surface area contributed by atoms with Crippen LogP contribution in [-0.2, 0) is 6.54 Å². The van der Waals surface area contributed by atoms with Gasteiger partial charge in [-0.3, -0.25) is 9.25 Å². The molecule has 0 amide bonds. The molecule has 2 rings (SSSR count). The number of aromatic amines is 1. The number of nitrogens with zero attached hydrogens (tertiary/aromatic N) is 3. The summed E-state index contributed by atoms with van der Waals surface area (Å²) >= 11 is 0. The Balaban J connectivity index is 2.14. The van der Waals surface area contributed by atoms with E-state index in [-0.39, 0.29) is 11.7 Å². The van der Waals surface area contributed by atoms with Gasteiger partial charge in [-0.05, 0) is 13.0 Å². The summed E-state index contributed by atoms with van der Waals surface area (Å²) in [5.41, 5.74) is -0.0790. The van der Waals surface area contributed by atoms with Crippen LogP contribution in [0.2, 0.25) is 0 Å². The molecular weight excluding hydrogens is 180 g/mol. The van der Waals surface area contributed by atoms with Gasteiger partial charge >= 0.3 is 5.69 Å². The van der Waals surface area contributed by atoms with E-state index in [9.17, 15) is 4.79 Å². The van der Waals surface area contributed by atoms with Crippen molar-refractivity contribution in [1.82, 2.24) is 19.3 Å². The standard InChI is InChI=1S/C9H12N4O/c1-8(7-12-5-2-3-11-12)13-6-4-10-9(13)14/h2-6,8H,7H2,1H3,(H,10,14). The lowest BCUT2D eigenvalue weighted by Crippen LogP contribution is -2.23. The Morgan fingerprint density at radius 2 is 2.43 bits per heavy atom. The predicted octanol–water partition coefficient (Wildman–Crippen LogP) is 0.634. The molecule has 1 N–H and O–H groups in total. The lowest BCUT2D eigenvalue weighted by Gasteiger charge is -2.11. The number of H-pyrrole nitrogens is 1. The third-order valence-electron chi connectivity index (χ3n) is 2.16. The largest absolute Gasteiger partial charge is 0.325 e. The average molecular weight is 192 g/mol. The maximum absolute atomic E-state index is 11.3. The van der Waals surface area contributed by atoms with Gasteiger partial charge in [0.25, 0.3) is 0 Å². The fourth-order valence-corrected chi connectivity index (χ4v) is 1.45. The Bertz CT molecular complexity index is 439. The zero-order valence-corrected chi connectivity index (χ0v) is 7.92. The first kappa shape index (κ1) is 8.80. The van der Waals surface area contributed by atoms with Crippen molar-refractivity contribution < 1.29 is 0 Å². The highest BCUT2D eigenvalue weighted by Crippen LogP contribution is 2.04. The van der Waals surface area contributed by atoms with Gasteiger partial charge in [-0.15, -0.1) is 0 Å². The Morgan fingerprint density at radius 3 is 3.00 bits per heavy atom. The van der Waals surface area contributed by atoms with E-state index in [2.05, 4.69) is 10.1 Å². The fraction of sp³-hybridized carbons (Fsp3) is 0.333. The quantitative estimate of drug-likeness (QED) is 0.775. The van der Waals surface area contributed by atoms with Crippen LogP contribution < -0.4 is 5.69 Å². The SMILES string of the molecule is CC(Cn1cccn1)n1cc[nH]c1=O. The van der Waals surface area contributed by atoms with Gasteiger partial charge in [0.2, 0.25) is 0 Å². The lowest BCUT2D eigenvalue weighted by atomic mass is 10.3. The summed E-state index contributed by atoms with van der Waals surface area (Å²) < 4.78 is 3.46. The minimum atomic E-state index is -0.0790. The van der Waals surface area contributed by atoms with Crippen LogP contribution in [0.5, 0.6) is 0 Å². The second kappa shape index (κ2) is 3.53. The molecule has 0 radical (unpaired) electrons. The summed E-state index contributed by atoms with van der Waals surface area (Å²) in [6, 6.07) is 1.97. The van der Waals surface area contributed by atoms with Crippen molar-refractivity contribution in [2.24, 2.45) is 0 Å². The van der Waals surface area contributed by atoms with Crippen molar-refractivity contribution in [3.8, 4) is 0 Å². The molecule has 0 saturated heterocycles. The summed E-state index contributed by atoms with van der Waals surface area (Å²) in [5, 5.41) is 4.09. The molecule has 0 bridgehead atoms. The Hall–Kier alpha value is -1.78. The Kier molecular flexibility index (Phi) is 2.22. The van der Waals surface area contributed by atoms with Crippen molar-refractivity contribution in [2.45, 2.75) is 19.5 Å². The molecule has 0 fully saturated rings. The van der Waals surface area contributed by atoms with E-state index in [0.717, 1.165) is 0 Å². The monoisotopic (exact) mass is 192 g/mol. The fourth-order valence-electron chi connectivity index (χ4n) is 1.45. The highest BCUT2D eigenvalue weighted by molar-refractivity contribution is 4.82. The van der Waals surface area contributed by atoms with Gasteiger partial charge in [0.1, 0.15) is 0 Å². The molecule has 5 heteroatoms. The van der Waals surface area contributed by atoms with Crippen LogP contribution in [0, 0.1) is 0 Å². The maximum atomic E-state index is 11.3. The van der Waals surface area contributed by atoms with Crippen LogP contribution in [0.4, 0.5) is 0 Å². The zero-order valence-electron chi connectivity index (χ0n) is 7.92. The van der Waals surface area contributed by atoms with Crippen molar-refractivity contribution >= 4 is 0 Å². The van der Waals surface area contributed by atoms with Crippen LogP contribution in [0.25, 0.3) is 0 Å². The van der Waals surface area contributed by atoms with Gasteiger partial charge in [-0.2, -0.15) is 5.10 Å². The lowest BCUT2D eigenvalue weighted by molar-refractivity contribution is 0.429. The molecule has 1 unspecified atom stereocenters. The van der Waals surface area contributed by atoms with Crippen molar-refractivity contribution in [2.75, 3.05) is 0 Å². The first-order valence-corrected chi connectivity index (χ1v) is 4.50. The van der Waals surface area contributed by atoms with E-state index < -0.39 is 0 Å². The van der Waals surface area contributed by atoms with Crippen molar-refractivity contribution in [1.29, 1.82) is 0 Å². The molecule has 14 heavy (non-hydrogen) atoms. The predicted molar refractivity (Wildman–Crippen MR) is 52.0 cm³/mol. The van der Waals surface area contributed by atoms with Gasteiger partial charge in [-0.25, -0.2) is 4.79 Å². The van der Waals surface area contributed by atoms with Crippen molar-refractivity contribution in [3.63, 3.8) is 0 Å². The van der Waals surface area contributed by atoms with Gasteiger partial charge in [0, 0.05) is 24.8 Å². The van der Waals surface area contributed by atoms with Gasteiger partial charge in [-0.1, -0.05) is 0 Å². The summed E-state index contributed by atoms with van der Waals surface area (Å²) in [6.07, 6.45) is 7.00. The molecule has 2 aromatic heterocycles. The van der Waals surface area contributed by atoms with Gasteiger partial charge < -0.3 is 4.98 Å². The molecule has 74 valence electrons. The molecule has 0 aliphatic heterocycles. The third-order valence-corrected chi connectivity index (χ3v) is 2.16.